The third-order valence-corrected chi connectivity index (χ3v) is 5.60. The van der Waals surface area contributed by atoms with Crippen LogP contribution in [0.2, 0.25) is 0 Å². The van der Waals surface area contributed by atoms with Gasteiger partial charge in [0.2, 0.25) is 0 Å². The summed E-state index contributed by atoms with van der Waals surface area (Å²) in [5, 5.41) is 2.79. The number of nitrogens with zero attached hydrogens (tertiary/aromatic N) is 2. The Kier molecular flexibility index (Phi) is 7.75. The Morgan fingerprint density at radius 3 is 2.33 bits per heavy atom. The molecule has 0 bridgehead atoms. The summed E-state index contributed by atoms with van der Waals surface area (Å²) in [7, 11) is 0. The number of carbonyl (C=O) groups is 2. The zero-order valence-corrected chi connectivity index (χ0v) is 17.0. The van der Waals surface area contributed by atoms with Crippen molar-refractivity contribution in [3.63, 3.8) is 0 Å². The summed E-state index contributed by atoms with van der Waals surface area (Å²) in [4.78, 5) is 28.9. The molecule has 1 heterocycles. The maximum atomic E-state index is 12.9. The lowest BCUT2D eigenvalue weighted by atomic mass is 10.2. The molecule has 9 heteroatoms. The van der Waals surface area contributed by atoms with Gasteiger partial charge in [0.05, 0.1) is 5.56 Å². The highest BCUT2D eigenvalue weighted by molar-refractivity contribution is 7.99. The number of hydrogen-bond acceptors (Lipinski definition) is 4. The van der Waals surface area contributed by atoms with Gasteiger partial charge in [-0.25, -0.2) is 4.39 Å². The average Bonchev–Trinajstić information content (AvgIpc) is 2.74. The molecule has 1 aliphatic heterocycles. The third-order valence-electron chi connectivity index (χ3n) is 4.81. The van der Waals surface area contributed by atoms with E-state index in [1.807, 2.05) is 0 Å². The molecule has 1 N–H and O–H groups in total. The quantitative estimate of drug-likeness (QED) is 0.676. The van der Waals surface area contributed by atoms with Crippen LogP contribution in [-0.2, 0) is 0 Å². The smallest absolute Gasteiger partial charge is 0.288 e. The second kappa shape index (κ2) is 10.5. The van der Waals surface area contributed by atoms with Crippen LogP contribution in [0.1, 0.15) is 20.7 Å². The molecule has 2 amide bonds. The van der Waals surface area contributed by atoms with E-state index in [2.05, 4.69) is 10.2 Å². The van der Waals surface area contributed by atoms with E-state index < -0.39 is 11.6 Å². The predicted octanol–water partition coefficient (Wildman–Crippen LogP) is 3.33. The molecule has 1 aliphatic rings. The molecule has 1 fully saturated rings. The fourth-order valence-electron chi connectivity index (χ4n) is 3.22. The van der Waals surface area contributed by atoms with E-state index in [9.17, 15) is 22.8 Å². The van der Waals surface area contributed by atoms with Gasteiger partial charge in [-0.1, -0.05) is 23.9 Å². The molecule has 2 aromatic rings. The van der Waals surface area contributed by atoms with Crippen LogP contribution in [0.4, 0.5) is 13.2 Å². The molecule has 0 spiro atoms. The van der Waals surface area contributed by atoms with Crippen molar-refractivity contribution < 1.29 is 22.8 Å². The lowest BCUT2D eigenvalue weighted by Crippen LogP contribution is -2.50. The number of rotatable bonds is 7. The maximum absolute atomic E-state index is 12.9. The van der Waals surface area contributed by atoms with Gasteiger partial charge in [-0.15, -0.1) is 0 Å². The zero-order valence-electron chi connectivity index (χ0n) is 16.2. The lowest BCUT2D eigenvalue weighted by molar-refractivity contribution is 0.0634. The molecular weight excluding hydrogens is 415 g/mol. The standard InChI is InChI=1S/C21H22F3N3O2S/c22-16-7-5-15(6-8-16)19(28)25-9-10-26-11-13-27(14-12-26)20(29)17-3-1-2-4-18(17)30-21(23)24/h1-8,21H,9-14H2,(H,25,28). The number of piperazine rings is 1. The van der Waals surface area contributed by atoms with Crippen molar-refractivity contribution in [1.82, 2.24) is 15.1 Å². The Morgan fingerprint density at radius 2 is 1.67 bits per heavy atom. The topological polar surface area (TPSA) is 52.7 Å². The Balaban J connectivity index is 1.45. The molecule has 0 saturated carbocycles. The van der Waals surface area contributed by atoms with E-state index in [0.29, 0.717) is 62.2 Å². The summed E-state index contributed by atoms with van der Waals surface area (Å²) < 4.78 is 38.4. The molecule has 30 heavy (non-hydrogen) atoms. The number of nitrogens with one attached hydrogen (secondary N) is 1. The SMILES string of the molecule is O=C(NCCN1CCN(C(=O)c2ccccc2SC(F)F)CC1)c1ccc(F)cc1. The van der Waals surface area contributed by atoms with Crippen molar-refractivity contribution in [2.75, 3.05) is 39.3 Å². The second-order valence-electron chi connectivity index (χ2n) is 6.77. The number of thioether (sulfide) groups is 1. The van der Waals surface area contributed by atoms with Crippen LogP contribution in [0.15, 0.2) is 53.4 Å². The Labute approximate surface area is 177 Å². The second-order valence-corrected chi connectivity index (χ2v) is 7.80. The first-order valence-electron chi connectivity index (χ1n) is 9.53. The van der Waals surface area contributed by atoms with Gasteiger partial charge in [-0.3, -0.25) is 14.5 Å². The molecule has 2 aromatic carbocycles. The normalized spacial score (nSPS) is 14.7. The van der Waals surface area contributed by atoms with E-state index in [1.54, 1.807) is 23.1 Å². The number of alkyl halides is 2. The monoisotopic (exact) mass is 437 g/mol. The minimum Gasteiger partial charge on any atom is -0.351 e. The number of carbonyl (C=O) groups excluding carboxylic acids is 2. The molecule has 0 aliphatic carbocycles. The van der Waals surface area contributed by atoms with Gasteiger partial charge in [0.1, 0.15) is 5.82 Å². The lowest BCUT2D eigenvalue weighted by Gasteiger charge is -2.35. The predicted molar refractivity (Wildman–Crippen MR) is 109 cm³/mol. The van der Waals surface area contributed by atoms with Crippen LogP contribution in [0.25, 0.3) is 0 Å². The van der Waals surface area contributed by atoms with Crippen molar-refractivity contribution in [1.29, 1.82) is 0 Å². The van der Waals surface area contributed by atoms with Crippen LogP contribution >= 0.6 is 11.8 Å². The average molecular weight is 437 g/mol. The van der Waals surface area contributed by atoms with Crippen molar-refractivity contribution >= 4 is 23.6 Å². The number of hydrogen-bond donors (Lipinski definition) is 1. The van der Waals surface area contributed by atoms with Gasteiger partial charge in [-0.2, -0.15) is 8.78 Å². The summed E-state index contributed by atoms with van der Waals surface area (Å²) in [6, 6.07) is 11.8. The highest BCUT2D eigenvalue weighted by atomic mass is 32.2. The Hall–Kier alpha value is -2.52. The van der Waals surface area contributed by atoms with Gasteiger partial charge >= 0.3 is 0 Å². The van der Waals surface area contributed by atoms with Gasteiger partial charge in [-0.05, 0) is 36.4 Å². The maximum Gasteiger partial charge on any atom is 0.288 e. The number of halogens is 3. The summed E-state index contributed by atoms with van der Waals surface area (Å²) in [6.07, 6.45) is 0. The molecule has 3 rings (SSSR count). The third kappa shape index (κ3) is 5.99. The summed E-state index contributed by atoms with van der Waals surface area (Å²) in [6.45, 7) is 3.27. The first-order valence-corrected chi connectivity index (χ1v) is 10.4. The Bertz CT molecular complexity index is 872. The highest BCUT2D eigenvalue weighted by Gasteiger charge is 2.24. The van der Waals surface area contributed by atoms with Gasteiger partial charge in [0.25, 0.3) is 17.6 Å². The largest absolute Gasteiger partial charge is 0.351 e. The van der Waals surface area contributed by atoms with Crippen molar-refractivity contribution in [2.24, 2.45) is 0 Å². The van der Waals surface area contributed by atoms with Crippen LogP contribution in [0, 0.1) is 5.82 Å². The van der Waals surface area contributed by atoms with Crippen molar-refractivity contribution in [3.05, 3.63) is 65.5 Å². The minimum atomic E-state index is -2.58. The molecule has 0 aromatic heterocycles. The molecule has 160 valence electrons. The fourth-order valence-corrected chi connectivity index (χ4v) is 3.85. The van der Waals surface area contributed by atoms with Crippen LogP contribution in [-0.4, -0.2) is 66.6 Å². The molecule has 1 saturated heterocycles. The molecule has 0 radical (unpaired) electrons. The van der Waals surface area contributed by atoms with E-state index in [1.165, 1.54) is 30.3 Å². The summed E-state index contributed by atoms with van der Waals surface area (Å²) >= 11 is 0.378. The van der Waals surface area contributed by atoms with Crippen molar-refractivity contribution in [3.8, 4) is 0 Å². The van der Waals surface area contributed by atoms with Crippen molar-refractivity contribution in [2.45, 2.75) is 10.7 Å². The Morgan fingerprint density at radius 1 is 1.00 bits per heavy atom. The number of amides is 2. The van der Waals surface area contributed by atoms with E-state index >= 15 is 0 Å². The molecule has 5 nitrogen and oxygen atoms in total. The van der Waals surface area contributed by atoms with Gasteiger partial charge in [0.15, 0.2) is 0 Å². The van der Waals surface area contributed by atoms with E-state index in [-0.39, 0.29) is 16.7 Å². The van der Waals surface area contributed by atoms with Crippen LogP contribution < -0.4 is 5.32 Å². The minimum absolute atomic E-state index is 0.247. The highest BCUT2D eigenvalue weighted by Crippen LogP contribution is 2.29. The van der Waals surface area contributed by atoms with E-state index in [0.717, 1.165) is 0 Å². The summed E-state index contributed by atoms with van der Waals surface area (Å²) in [5.74, 6) is -3.49. The van der Waals surface area contributed by atoms with Gasteiger partial charge in [0, 0.05) is 49.7 Å². The fraction of sp³-hybridized carbons (Fsp3) is 0.333. The number of benzene rings is 2. The first kappa shape index (κ1) is 22.2. The first-order chi connectivity index (χ1) is 14.4. The zero-order chi connectivity index (χ0) is 21.5. The molecule has 0 unspecified atom stereocenters. The van der Waals surface area contributed by atoms with Crippen LogP contribution in [0.3, 0.4) is 0 Å². The van der Waals surface area contributed by atoms with Gasteiger partial charge < -0.3 is 10.2 Å². The van der Waals surface area contributed by atoms with E-state index in [4.69, 9.17) is 0 Å². The molecular formula is C21H22F3N3O2S. The van der Waals surface area contributed by atoms with Crippen LogP contribution in [0.5, 0.6) is 0 Å². The molecule has 0 atom stereocenters. The summed E-state index contributed by atoms with van der Waals surface area (Å²) in [5.41, 5.74) is 0.690.